The Balaban J connectivity index is 1.21. The molecule has 0 bridgehead atoms. The molecule has 4 aliphatic heterocycles. The number of carbonyl (C=O) groups is 1. The number of ether oxygens (including phenoxy) is 6. The summed E-state index contributed by atoms with van der Waals surface area (Å²) in [6.07, 6.45) is 5.39. The Labute approximate surface area is 218 Å². The molecule has 0 spiro atoms. The van der Waals surface area contributed by atoms with E-state index in [1.165, 1.54) is 5.57 Å². The molecule has 2 aliphatic carbocycles. The summed E-state index contributed by atoms with van der Waals surface area (Å²) in [7, 11) is 1.60. The second kappa shape index (κ2) is 9.40. The van der Waals surface area contributed by atoms with E-state index in [4.69, 9.17) is 28.4 Å². The number of esters is 1. The number of methoxy groups -OCH3 is 1. The SMILES string of the molecule is CO[C@@H]1C[C@H](O[C@H]2CC[C@@]3(C)C(=CCC4C(=O)OC5CO[C@]6(C)O[C@@H](O)/C(=C/CC43)[C@H]56)C2)O[C@H](C)[C@H]1O. The van der Waals surface area contributed by atoms with Crippen LogP contribution in [-0.4, -0.2) is 78.8 Å². The molecule has 37 heavy (non-hydrogen) atoms. The van der Waals surface area contributed by atoms with Gasteiger partial charge in [0.05, 0.1) is 36.8 Å². The summed E-state index contributed by atoms with van der Waals surface area (Å²) in [5.41, 5.74) is 1.92. The molecule has 12 atom stereocenters. The standard InChI is InChI=1S/C28H40O9/c1-14-24(29)20(32-4)12-22(34-14)35-16-9-10-27(2)15(11-16)5-6-17-19(27)8-7-18-23-21(36-25(17)30)13-33-28(23,3)37-26(18)31/h5,7,14,16-17,19-24,26,29,31H,6,8-13H2,1-4H3/b18-7+/t14-,16+,17?,19?,20-,21?,22+,23-,24-,26-,27+,28-/m1/s1. The van der Waals surface area contributed by atoms with E-state index in [-0.39, 0.29) is 54.1 Å². The third-order valence-corrected chi connectivity index (χ3v) is 10.0. The number of aliphatic hydroxyl groups is 2. The first kappa shape index (κ1) is 25.9. The third-order valence-electron chi connectivity index (χ3n) is 10.0. The highest BCUT2D eigenvalue weighted by Gasteiger charge is 2.60. The summed E-state index contributed by atoms with van der Waals surface area (Å²) >= 11 is 0. The average Bonchev–Trinajstić information content (AvgIpc) is 3.31. The van der Waals surface area contributed by atoms with Crippen LogP contribution in [0.2, 0.25) is 0 Å². The lowest BCUT2D eigenvalue weighted by molar-refractivity contribution is -0.265. The van der Waals surface area contributed by atoms with Gasteiger partial charge >= 0.3 is 5.97 Å². The Bertz CT molecular complexity index is 979. The fourth-order valence-electron chi connectivity index (χ4n) is 7.83. The predicted octanol–water partition coefficient (Wildman–Crippen LogP) is 2.59. The van der Waals surface area contributed by atoms with Crippen LogP contribution in [0.1, 0.15) is 59.3 Å². The molecule has 0 aromatic rings. The average molecular weight is 521 g/mol. The number of carbonyl (C=O) groups excluding carboxylic acids is 1. The van der Waals surface area contributed by atoms with E-state index in [9.17, 15) is 15.0 Å². The van der Waals surface area contributed by atoms with Crippen LogP contribution in [0.4, 0.5) is 0 Å². The van der Waals surface area contributed by atoms with Crippen molar-refractivity contribution in [2.75, 3.05) is 13.7 Å². The van der Waals surface area contributed by atoms with E-state index >= 15 is 0 Å². The molecular weight excluding hydrogens is 480 g/mol. The highest BCUT2D eigenvalue weighted by molar-refractivity contribution is 5.74. The fourth-order valence-corrected chi connectivity index (χ4v) is 7.83. The molecule has 0 aromatic carbocycles. The molecule has 0 radical (unpaired) electrons. The lowest BCUT2D eigenvalue weighted by atomic mass is 9.55. The van der Waals surface area contributed by atoms with Crippen LogP contribution in [0.25, 0.3) is 0 Å². The summed E-state index contributed by atoms with van der Waals surface area (Å²) in [6.45, 7) is 6.19. The Hall–Kier alpha value is -1.33. The first-order valence-electron chi connectivity index (χ1n) is 13.7. The van der Waals surface area contributed by atoms with Crippen molar-refractivity contribution in [1.29, 1.82) is 0 Å². The van der Waals surface area contributed by atoms with E-state index in [0.717, 1.165) is 24.8 Å². The maximum atomic E-state index is 13.5. The van der Waals surface area contributed by atoms with Crippen molar-refractivity contribution >= 4 is 5.97 Å². The molecule has 0 amide bonds. The molecule has 2 N–H and O–H groups in total. The van der Waals surface area contributed by atoms with Crippen molar-refractivity contribution in [2.24, 2.45) is 23.2 Å². The van der Waals surface area contributed by atoms with Crippen molar-refractivity contribution in [3.63, 3.8) is 0 Å². The normalized spacial score (nSPS) is 52.9. The summed E-state index contributed by atoms with van der Waals surface area (Å²) in [4.78, 5) is 13.5. The smallest absolute Gasteiger partial charge is 0.309 e. The molecule has 1 saturated carbocycles. The summed E-state index contributed by atoms with van der Waals surface area (Å²) in [5.74, 6) is -1.61. The Morgan fingerprint density at radius 2 is 1.97 bits per heavy atom. The van der Waals surface area contributed by atoms with Gasteiger partial charge in [0.15, 0.2) is 18.4 Å². The Morgan fingerprint density at radius 3 is 2.76 bits per heavy atom. The van der Waals surface area contributed by atoms with Gasteiger partial charge in [-0.2, -0.15) is 0 Å². The maximum Gasteiger partial charge on any atom is 0.309 e. The number of hydrogen-bond acceptors (Lipinski definition) is 9. The van der Waals surface area contributed by atoms with Crippen LogP contribution >= 0.6 is 0 Å². The number of hydrogen-bond donors (Lipinski definition) is 2. The predicted molar refractivity (Wildman–Crippen MR) is 130 cm³/mol. The van der Waals surface area contributed by atoms with E-state index in [0.29, 0.717) is 19.3 Å². The summed E-state index contributed by atoms with van der Waals surface area (Å²) in [5, 5.41) is 20.9. The maximum absolute atomic E-state index is 13.5. The van der Waals surface area contributed by atoms with Crippen LogP contribution in [0, 0.1) is 23.2 Å². The van der Waals surface area contributed by atoms with Crippen LogP contribution in [-0.2, 0) is 33.2 Å². The van der Waals surface area contributed by atoms with Crippen LogP contribution in [0.3, 0.4) is 0 Å². The summed E-state index contributed by atoms with van der Waals surface area (Å²) < 4.78 is 35.4. The molecule has 9 nitrogen and oxygen atoms in total. The van der Waals surface area contributed by atoms with Gasteiger partial charge in [-0.25, -0.2) is 0 Å². The molecule has 206 valence electrons. The van der Waals surface area contributed by atoms with E-state index in [1.54, 1.807) is 7.11 Å². The quantitative estimate of drug-likeness (QED) is 0.428. The number of aliphatic hydroxyl groups excluding tert-OH is 2. The molecule has 4 fully saturated rings. The van der Waals surface area contributed by atoms with Crippen molar-refractivity contribution < 1.29 is 43.4 Å². The minimum atomic E-state index is -1.05. The van der Waals surface area contributed by atoms with Crippen molar-refractivity contribution in [1.82, 2.24) is 0 Å². The molecule has 9 heteroatoms. The van der Waals surface area contributed by atoms with Crippen molar-refractivity contribution in [2.45, 2.75) is 108 Å². The number of rotatable bonds is 3. The molecule has 6 aliphatic rings. The Kier molecular flexibility index (Phi) is 6.58. The lowest BCUT2D eigenvalue weighted by Gasteiger charge is -2.50. The monoisotopic (exact) mass is 520 g/mol. The molecule has 4 heterocycles. The topological polar surface area (TPSA) is 113 Å². The fraction of sp³-hybridized carbons (Fsp3) is 0.821. The first-order valence-corrected chi connectivity index (χ1v) is 13.7. The van der Waals surface area contributed by atoms with Gasteiger partial charge in [0.2, 0.25) is 0 Å². The van der Waals surface area contributed by atoms with E-state index in [1.807, 2.05) is 13.8 Å². The van der Waals surface area contributed by atoms with Gasteiger partial charge < -0.3 is 38.6 Å². The van der Waals surface area contributed by atoms with Gasteiger partial charge in [0.1, 0.15) is 12.2 Å². The molecule has 6 rings (SSSR count). The molecular formula is C28H40O9. The lowest BCUT2D eigenvalue weighted by Crippen LogP contribution is -2.50. The van der Waals surface area contributed by atoms with E-state index < -0.39 is 30.6 Å². The highest BCUT2D eigenvalue weighted by atomic mass is 16.8. The van der Waals surface area contributed by atoms with Gasteiger partial charge in [-0.05, 0) is 62.9 Å². The van der Waals surface area contributed by atoms with E-state index in [2.05, 4.69) is 19.1 Å². The van der Waals surface area contributed by atoms with Gasteiger partial charge in [-0.1, -0.05) is 24.6 Å². The summed E-state index contributed by atoms with van der Waals surface area (Å²) in [6, 6.07) is 0. The number of allylic oxidation sites excluding steroid dienone is 2. The van der Waals surface area contributed by atoms with Crippen LogP contribution < -0.4 is 0 Å². The molecule has 0 aromatic heterocycles. The zero-order chi connectivity index (χ0) is 26.1. The zero-order valence-corrected chi connectivity index (χ0v) is 22.1. The largest absolute Gasteiger partial charge is 0.459 e. The van der Waals surface area contributed by atoms with Crippen LogP contribution in [0.5, 0.6) is 0 Å². The highest BCUT2D eigenvalue weighted by Crippen LogP contribution is 2.56. The van der Waals surface area contributed by atoms with Gasteiger partial charge in [-0.3, -0.25) is 4.79 Å². The van der Waals surface area contributed by atoms with Gasteiger partial charge in [-0.15, -0.1) is 0 Å². The van der Waals surface area contributed by atoms with Gasteiger partial charge in [0, 0.05) is 13.5 Å². The molecule has 3 unspecified atom stereocenters. The number of fused-ring (bicyclic) bond motifs is 3. The first-order chi connectivity index (χ1) is 17.6. The third kappa shape index (κ3) is 4.22. The molecule has 3 saturated heterocycles. The second-order valence-corrected chi connectivity index (χ2v) is 12.1. The minimum Gasteiger partial charge on any atom is -0.459 e. The van der Waals surface area contributed by atoms with Crippen molar-refractivity contribution in [3.05, 3.63) is 23.3 Å². The van der Waals surface area contributed by atoms with Gasteiger partial charge in [0.25, 0.3) is 0 Å². The van der Waals surface area contributed by atoms with Crippen LogP contribution in [0.15, 0.2) is 23.3 Å². The second-order valence-electron chi connectivity index (χ2n) is 12.1. The minimum absolute atomic E-state index is 0.00438. The zero-order valence-electron chi connectivity index (χ0n) is 22.1. The van der Waals surface area contributed by atoms with Crippen molar-refractivity contribution in [3.8, 4) is 0 Å². The Morgan fingerprint density at radius 1 is 1.16 bits per heavy atom.